The summed E-state index contributed by atoms with van der Waals surface area (Å²) >= 11 is 0. The highest BCUT2D eigenvalue weighted by Crippen LogP contribution is 2.12. The normalized spacial score (nSPS) is 15.3. The van der Waals surface area contributed by atoms with E-state index < -0.39 is 5.97 Å². The molecule has 0 aromatic heterocycles. The van der Waals surface area contributed by atoms with E-state index in [1.165, 1.54) is 0 Å². The minimum atomic E-state index is -0.675. The topological polar surface area (TPSA) is 40.5 Å². The Morgan fingerprint density at radius 1 is 1.20 bits per heavy atom. The van der Waals surface area contributed by atoms with Gasteiger partial charge in [-0.1, -0.05) is 27.2 Å². The number of carboxylic acids is 1. The molecule has 2 atom stereocenters. The number of hydrogen-bond acceptors (Lipinski definition) is 2. The third-order valence-corrected chi connectivity index (χ3v) is 3.12. The van der Waals surface area contributed by atoms with Crippen LogP contribution in [0, 0.1) is 5.92 Å². The van der Waals surface area contributed by atoms with E-state index in [0.29, 0.717) is 6.04 Å². The van der Waals surface area contributed by atoms with Gasteiger partial charge in [-0.15, -0.1) is 0 Å². The highest BCUT2D eigenvalue weighted by molar-refractivity contribution is 5.69. The molecule has 0 rings (SSSR count). The van der Waals surface area contributed by atoms with Crippen molar-refractivity contribution in [1.29, 1.82) is 0 Å². The summed E-state index contributed by atoms with van der Waals surface area (Å²) in [5.74, 6) is -0.876. The van der Waals surface area contributed by atoms with Gasteiger partial charge in [-0.05, 0) is 32.9 Å². The zero-order chi connectivity index (χ0) is 11.8. The van der Waals surface area contributed by atoms with Gasteiger partial charge in [-0.2, -0.15) is 0 Å². The molecule has 0 aromatic rings. The van der Waals surface area contributed by atoms with Crippen LogP contribution in [0.4, 0.5) is 0 Å². The minimum Gasteiger partial charge on any atom is -0.481 e. The Kier molecular flexibility index (Phi) is 7.39. The summed E-state index contributed by atoms with van der Waals surface area (Å²) < 4.78 is 0. The van der Waals surface area contributed by atoms with Crippen molar-refractivity contribution >= 4 is 5.97 Å². The van der Waals surface area contributed by atoms with Crippen LogP contribution in [0.15, 0.2) is 0 Å². The quantitative estimate of drug-likeness (QED) is 0.676. The maximum absolute atomic E-state index is 10.6. The van der Waals surface area contributed by atoms with Gasteiger partial charge in [0.1, 0.15) is 0 Å². The molecule has 0 fully saturated rings. The number of hydrogen-bond donors (Lipinski definition) is 1. The largest absolute Gasteiger partial charge is 0.481 e. The van der Waals surface area contributed by atoms with Crippen LogP contribution in [-0.4, -0.2) is 35.1 Å². The third kappa shape index (κ3) is 5.78. The molecule has 0 aliphatic carbocycles. The summed E-state index contributed by atoms with van der Waals surface area (Å²) in [6.07, 6.45) is 2.89. The van der Waals surface area contributed by atoms with E-state index >= 15 is 0 Å². The summed E-state index contributed by atoms with van der Waals surface area (Å²) in [5.41, 5.74) is 0. The van der Waals surface area contributed by atoms with Crippen LogP contribution in [0.25, 0.3) is 0 Å². The second kappa shape index (κ2) is 7.69. The van der Waals surface area contributed by atoms with Gasteiger partial charge < -0.3 is 10.0 Å². The van der Waals surface area contributed by atoms with Crippen molar-refractivity contribution in [3.8, 4) is 0 Å². The molecule has 90 valence electrons. The van der Waals surface area contributed by atoms with E-state index in [4.69, 9.17) is 5.11 Å². The summed E-state index contributed by atoms with van der Waals surface area (Å²) in [6.45, 7) is 10.5. The highest BCUT2D eigenvalue weighted by atomic mass is 16.4. The number of nitrogens with zero attached hydrogens (tertiary/aromatic N) is 1. The van der Waals surface area contributed by atoms with Crippen molar-refractivity contribution in [3.63, 3.8) is 0 Å². The van der Waals surface area contributed by atoms with Gasteiger partial charge in [0.2, 0.25) is 0 Å². The molecule has 0 spiro atoms. The Balaban J connectivity index is 3.71. The summed E-state index contributed by atoms with van der Waals surface area (Å²) in [7, 11) is 0. The van der Waals surface area contributed by atoms with Crippen molar-refractivity contribution in [2.75, 3.05) is 13.1 Å². The fourth-order valence-electron chi connectivity index (χ4n) is 1.87. The number of aliphatic carboxylic acids is 1. The highest BCUT2D eigenvalue weighted by Gasteiger charge is 2.13. The molecule has 0 aliphatic rings. The number of rotatable bonds is 8. The van der Waals surface area contributed by atoms with Crippen LogP contribution < -0.4 is 0 Å². The maximum Gasteiger partial charge on any atom is 0.306 e. The number of carbonyl (C=O) groups is 1. The lowest BCUT2D eigenvalue weighted by Gasteiger charge is -2.26. The van der Waals surface area contributed by atoms with Gasteiger partial charge in [0.25, 0.3) is 0 Å². The average Bonchev–Trinajstić information content (AvgIpc) is 2.19. The molecular weight excluding hydrogens is 190 g/mol. The van der Waals surface area contributed by atoms with Gasteiger partial charge in [-0.3, -0.25) is 4.79 Å². The zero-order valence-electron chi connectivity index (χ0n) is 10.5. The molecule has 0 amide bonds. The van der Waals surface area contributed by atoms with Gasteiger partial charge in [0, 0.05) is 6.04 Å². The van der Waals surface area contributed by atoms with Crippen LogP contribution in [0.2, 0.25) is 0 Å². The molecule has 2 unspecified atom stereocenters. The van der Waals surface area contributed by atoms with E-state index in [9.17, 15) is 4.79 Å². The van der Waals surface area contributed by atoms with Crippen molar-refractivity contribution in [1.82, 2.24) is 4.90 Å². The molecule has 0 aromatic carbocycles. The van der Waals surface area contributed by atoms with Crippen LogP contribution in [-0.2, 0) is 4.79 Å². The van der Waals surface area contributed by atoms with Gasteiger partial charge in [0.05, 0.1) is 5.92 Å². The lowest BCUT2D eigenvalue weighted by atomic mass is 10.0. The first kappa shape index (κ1) is 14.4. The lowest BCUT2D eigenvalue weighted by molar-refractivity contribution is -0.141. The SMILES string of the molecule is CCN(CC)C(C)CCCC(C)C(=O)O. The number of carboxylic acid groups (broad SMARTS) is 1. The molecule has 0 heterocycles. The van der Waals surface area contributed by atoms with Crippen molar-refractivity contribution in [2.24, 2.45) is 5.92 Å². The van der Waals surface area contributed by atoms with Crippen LogP contribution in [0.5, 0.6) is 0 Å². The molecule has 0 aliphatic heterocycles. The Hall–Kier alpha value is -0.570. The second-order valence-electron chi connectivity index (χ2n) is 4.24. The van der Waals surface area contributed by atoms with Crippen LogP contribution in [0.1, 0.15) is 47.0 Å². The fraction of sp³-hybridized carbons (Fsp3) is 0.917. The molecule has 0 saturated heterocycles. The molecule has 0 radical (unpaired) electrons. The first-order valence-electron chi connectivity index (χ1n) is 5.99. The first-order valence-corrected chi connectivity index (χ1v) is 5.99. The summed E-state index contributed by atoms with van der Waals surface area (Å²) in [6, 6.07) is 0.570. The van der Waals surface area contributed by atoms with Crippen molar-refractivity contribution < 1.29 is 9.90 Å². The molecular formula is C12H25NO2. The molecule has 0 bridgehead atoms. The predicted octanol–water partition coefficient (Wildman–Crippen LogP) is 2.61. The minimum absolute atomic E-state index is 0.200. The average molecular weight is 215 g/mol. The van der Waals surface area contributed by atoms with Gasteiger partial charge in [0.15, 0.2) is 0 Å². The van der Waals surface area contributed by atoms with E-state index in [2.05, 4.69) is 25.7 Å². The Morgan fingerprint density at radius 2 is 1.73 bits per heavy atom. The van der Waals surface area contributed by atoms with E-state index in [1.807, 2.05) is 0 Å². The Morgan fingerprint density at radius 3 is 2.13 bits per heavy atom. The predicted molar refractivity (Wildman–Crippen MR) is 63.0 cm³/mol. The molecule has 0 saturated carbocycles. The molecule has 1 N–H and O–H groups in total. The van der Waals surface area contributed by atoms with E-state index in [-0.39, 0.29) is 5.92 Å². The third-order valence-electron chi connectivity index (χ3n) is 3.12. The van der Waals surface area contributed by atoms with Gasteiger partial charge >= 0.3 is 5.97 Å². The van der Waals surface area contributed by atoms with Crippen molar-refractivity contribution in [2.45, 2.75) is 53.0 Å². The standard InChI is InChI=1S/C12H25NO2/c1-5-13(6-2)11(4)9-7-8-10(3)12(14)15/h10-11H,5-9H2,1-4H3,(H,14,15). The smallest absolute Gasteiger partial charge is 0.306 e. The van der Waals surface area contributed by atoms with Crippen molar-refractivity contribution in [3.05, 3.63) is 0 Å². The lowest BCUT2D eigenvalue weighted by Crippen LogP contribution is -2.32. The Labute approximate surface area is 93.5 Å². The van der Waals surface area contributed by atoms with Crippen LogP contribution in [0.3, 0.4) is 0 Å². The first-order chi connectivity index (χ1) is 7.02. The monoisotopic (exact) mass is 215 g/mol. The molecule has 3 heteroatoms. The second-order valence-corrected chi connectivity index (χ2v) is 4.24. The van der Waals surface area contributed by atoms with Gasteiger partial charge in [-0.25, -0.2) is 0 Å². The Bertz CT molecular complexity index is 178. The van der Waals surface area contributed by atoms with E-state index in [1.54, 1.807) is 6.92 Å². The molecule has 15 heavy (non-hydrogen) atoms. The summed E-state index contributed by atoms with van der Waals surface area (Å²) in [5, 5.41) is 8.74. The summed E-state index contributed by atoms with van der Waals surface area (Å²) in [4.78, 5) is 13.0. The van der Waals surface area contributed by atoms with Crippen LogP contribution >= 0.6 is 0 Å². The van der Waals surface area contributed by atoms with E-state index in [0.717, 1.165) is 32.4 Å². The molecule has 3 nitrogen and oxygen atoms in total. The zero-order valence-corrected chi connectivity index (χ0v) is 10.5. The maximum atomic E-state index is 10.6. The fourth-order valence-corrected chi connectivity index (χ4v) is 1.87.